The molecule has 0 fully saturated rings. The van der Waals surface area contributed by atoms with Gasteiger partial charge in [0.25, 0.3) is 0 Å². The quantitative estimate of drug-likeness (QED) is 0.724. The lowest BCUT2D eigenvalue weighted by Crippen LogP contribution is -1.90. The monoisotopic (exact) mass is 245 g/mol. The molecule has 1 heterocycles. The van der Waals surface area contributed by atoms with Crippen LogP contribution in [0.2, 0.25) is 0 Å². The molecule has 2 N–H and O–H groups in total. The third-order valence-electron chi connectivity index (χ3n) is 2.56. The number of imidazole rings is 1. The van der Waals surface area contributed by atoms with E-state index in [1.165, 1.54) is 0 Å². The summed E-state index contributed by atoms with van der Waals surface area (Å²) < 4.78 is 26.1. The molecule has 3 nitrogen and oxygen atoms in total. The highest BCUT2D eigenvalue weighted by Crippen LogP contribution is 2.20. The van der Waals surface area contributed by atoms with Crippen LogP contribution in [0, 0.1) is 11.6 Å². The zero-order chi connectivity index (χ0) is 12.5. The summed E-state index contributed by atoms with van der Waals surface area (Å²) in [6.45, 7) is 0. The van der Waals surface area contributed by atoms with Crippen molar-refractivity contribution in [2.75, 3.05) is 5.32 Å². The molecule has 3 aromatic rings. The van der Waals surface area contributed by atoms with Gasteiger partial charge in [-0.1, -0.05) is 18.2 Å². The zero-order valence-electron chi connectivity index (χ0n) is 9.24. The molecule has 0 saturated heterocycles. The molecule has 0 bridgehead atoms. The van der Waals surface area contributed by atoms with E-state index in [4.69, 9.17) is 0 Å². The van der Waals surface area contributed by atoms with E-state index in [-0.39, 0.29) is 0 Å². The number of nitrogens with one attached hydrogen (secondary N) is 2. The summed E-state index contributed by atoms with van der Waals surface area (Å²) in [7, 11) is 0. The Morgan fingerprint density at radius 2 is 1.72 bits per heavy atom. The number of halogens is 2. The topological polar surface area (TPSA) is 40.7 Å². The van der Waals surface area contributed by atoms with Gasteiger partial charge in [0.15, 0.2) is 11.6 Å². The molecule has 0 aliphatic rings. The summed E-state index contributed by atoms with van der Waals surface area (Å²) >= 11 is 0. The van der Waals surface area contributed by atoms with Crippen molar-refractivity contribution >= 4 is 22.7 Å². The van der Waals surface area contributed by atoms with Gasteiger partial charge >= 0.3 is 0 Å². The maximum atomic E-state index is 13.0. The average Bonchev–Trinajstić information content (AvgIpc) is 2.72. The van der Waals surface area contributed by atoms with E-state index in [2.05, 4.69) is 15.3 Å². The molecule has 3 rings (SSSR count). The van der Waals surface area contributed by atoms with E-state index in [0.29, 0.717) is 17.0 Å². The van der Waals surface area contributed by atoms with Crippen molar-refractivity contribution in [1.29, 1.82) is 0 Å². The second-order valence-corrected chi connectivity index (χ2v) is 3.86. The van der Waals surface area contributed by atoms with Crippen LogP contribution in [0.25, 0.3) is 11.0 Å². The van der Waals surface area contributed by atoms with Crippen LogP contribution in [-0.2, 0) is 0 Å². The maximum absolute atomic E-state index is 13.0. The first kappa shape index (κ1) is 10.7. The largest absolute Gasteiger partial charge is 0.326 e. The standard InChI is InChI=1S/C13H9F2N3/c14-9-6-11-12(7-10(9)15)18-13(17-11)16-8-4-2-1-3-5-8/h1-7H,(H2,16,17,18). The number of hydrogen-bond acceptors (Lipinski definition) is 2. The predicted octanol–water partition coefficient (Wildman–Crippen LogP) is 3.58. The number of benzene rings is 2. The molecule has 0 atom stereocenters. The first-order chi connectivity index (χ1) is 8.72. The summed E-state index contributed by atoms with van der Waals surface area (Å²) in [6, 6.07) is 11.6. The number of para-hydroxylation sites is 1. The third-order valence-corrected chi connectivity index (χ3v) is 2.56. The van der Waals surface area contributed by atoms with E-state index in [1.807, 2.05) is 30.3 Å². The molecular weight excluding hydrogens is 236 g/mol. The van der Waals surface area contributed by atoms with Gasteiger partial charge in [0.1, 0.15) is 0 Å². The van der Waals surface area contributed by atoms with E-state index >= 15 is 0 Å². The minimum atomic E-state index is -0.903. The first-order valence-corrected chi connectivity index (χ1v) is 5.39. The number of aromatic nitrogens is 2. The molecule has 0 aliphatic carbocycles. The molecule has 2 aromatic carbocycles. The van der Waals surface area contributed by atoms with Crippen molar-refractivity contribution in [1.82, 2.24) is 9.97 Å². The minimum absolute atomic E-state index is 0.382. The smallest absolute Gasteiger partial charge is 0.205 e. The van der Waals surface area contributed by atoms with E-state index in [1.54, 1.807) is 0 Å². The van der Waals surface area contributed by atoms with Gasteiger partial charge in [-0.2, -0.15) is 0 Å². The van der Waals surface area contributed by atoms with Crippen LogP contribution in [-0.4, -0.2) is 9.97 Å². The van der Waals surface area contributed by atoms with Crippen molar-refractivity contribution in [2.45, 2.75) is 0 Å². The van der Waals surface area contributed by atoms with Crippen molar-refractivity contribution in [3.8, 4) is 0 Å². The second kappa shape index (κ2) is 4.10. The molecular formula is C13H9F2N3. The molecule has 0 radical (unpaired) electrons. The normalized spacial score (nSPS) is 10.8. The number of aromatic amines is 1. The minimum Gasteiger partial charge on any atom is -0.326 e. The van der Waals surface area contributed by atoms with Gasteiger partial charge in [0.2, 0.25) is 5.95 Å². The number of fused-ring (bicyclic) bond motifs is 1. The summed E-state index contributed by atoms with van der Waals surface area (Å²) in [5.41, 5.74) is 1.68. The van der Waals surface area contributed by atoms with Gasteiger partial charge < -0.3 is 10.3 Å². The average molecular weight is 245 g/mol. The number of nitrogens with zero attached hydrogens (tertiary/aromatic N) is 1. The summed E-state index contributed by atoms with van der Waals surface area (Å²) in [4.78, 5) is 7.02. The van der Waals surface area contributed by atoms with E-state index in [9.17, 15) is 8.78 Å². The SMILES string of the molecule is Fc1cc2nc(Nc3ccccc3)[nH]c2cc1F. The number of hydrogen-bond donors (Lipinski definition) is 2. The van der Waals surface area contributed by atoms with Gasteiger partial charge in [0.05, 0.1) is 11.0 Å². The maximum Gasteiger partial charge on any atom is 0.205 e. The van der Waals surface area contributed by atoms with E-state index in [0.717, 1.165) is 17.8 Å². The lowest BCUT2D eigenvalue weighted by molar-refractivity contribution is 0.510. The van der Waals surface area contributed by atoms with Crippen LogP contribution < -0.4 is 5.32 Å². The number of rotatable bonds is 2. The molecule has 0 unspecified atom stereocenters. The van der Waals surface area contributed by atoms with Gasteiger partial charge in [-0.15, -0.1) is 0 Å². The van der Waals surface area contributed by atoms with Crippen LogP contribution in [0.5, 0.6) is 0 Å². The van der Waals surface area contributed by atoms with Crippen LogP contribution >= 0.6 is 0 Å². The highest BCUT2D eigenvalue weighted by Gasteiger charge is 2.08. The Labute approximate surface area is 101 Å². The van der Waals surface area contributed by atoms with Gasteiger partial charge in [-0.3, -0.25) is 0 Å². The van der Waals surface area contributed by atoms with E-state index < -0.39 is 11.6 Å². The number of H-pyrrole nitrogens is 1. The summed E-state index contributed by atoms with van der Waals surface area (Å²) in [5.74, 6) is -1.35. The Hall–Kier alpha value is -2.43. The highest BCUT2D eigenvalue weighted by atomic mass is 19.2. The molecule has 90 valence electrons. The van der Waals surface area contributed by atoms with Gasteiger partial charge in [-0.25, -0.2) is 13.8 Å². The van der Waals surface area contributed by atoms with Crippen molar-refractivity contribution in [2.24, 2.45) is 0 Å². The van der Waals surface area contributed by atoms with Crippen LogP contribution in [0.4, 0.5) is 20.4 Å². The second-order valence-electron chi connectivity index (χ2n) is 3.86. The van der Waals surface area contributed by atoms with Crippen molar-refractivity contribution in [3.05, 3.63) is 54.1 Å². The Morgan fingerprint density at radius 1 is 1.00 bits per heavy atom. The highest BCUT2D eigenvalue weighted by molar-refractivity contribution is 5.78. The first-order valence-electron chi connectivity index (χ1n) is 5.39. The molecule has 0 amide bonds. The van der Waals surface area contributed by atoms with Gasteiger partial charge in [0, 0.05) is 17.8 Å². The molecule has 1 aromatic heterocycles. The van der Waals surface area contributed by atoms with Crippen LogP contribution in [0.15, 0.2) is 42.5 Å². The van der Waals surface area contributed by atoms with Crippen molar-refractivity contribution in [3.63, 3.8) is 0 Å². The Morgan fingerprint density at radius 3 is 2.50 bits per heavy atom. The van der Waals surface area contributed by atoms with Crippen LogP contribution in [0.1, 0.15) is 0 Å². The fraction of sp³-hybridized carbons (Fsp3) is 0. The number of anilines is 2. The fourth-order valence-electron chi connectivity index (χ4n) is 1.72. The molecule has 0 saturated carbocycles. The molecule has 0 spiro atoms. The molecule has 5 heteroatoms. The molecule has 18 heavy (non-hydrogen) atoms. The lowest BCUT2D eigenvalue weighted by atomic mass is 10.3. The fourth-order valence-corrected chi connectivity index (χ4v) is 1.72. The van der Waals surface area contributed by atoms with Crippen LogP contribution in [0.3, 0.4) is 0 Å². The Kier molecular flexibility index (Phi) is 2.44. The zero-order valence-corrected chi connectivity index (χ0v) is 9.24. The Balaban J connectivity index is 1.99. The Bertz CT molecular complexity index is 653. The summed E-state index contributed by atoms with van der Waals surface area (Å²) in [5, 5.41) is 3.02. The summed E-state index contributed by atoms with van der Waals surface area (Å²) in [6.07, 6.45) is 0. The predicted molar refractivity (Wildman–Crippen MR) is 65.7 cm³/mol. The lowest BCUT2D eigenvalue weighted by Gasteiger charge is -2.00. The van der Waals surface area contributed by atoms with Crippen molar-refractivity contribution < 1.29 is 8.78 Å². The third kappa shape index (κ3) is 1.90. The van der Waals surface area contributed by atoms with Gasteiger partial charge in [-0.05, 0) is 12.1 Å². The molecule has 0 aliphatic heterocycles.